The first-order chi connectivity index (χ1) is 14.7. The maximum Gasteiger partial charge on any atom is 0.260 e. The Kier molecular flexibility index (Phi) is 4.66. The lowest BCUT2D eigenvalue weighted by Crippen LogP contribution is -2.50. The van der Waals surface area contributed by atoms with E-state index < -0.39 is 0 Å². The summed E-state index contributed by atoms with van der Waals surface area (Å²) in [6.45, 7) is 2.29. The van der Waals surface area contributed by atoms with Crippen LogP contribution in [0.5, 0.6) is 5.75 Å². The minimum absolute atomic E-state index is 0.0764. The third-order valence-corrected chi connectivity index (χ3v) is 5.25. The second kappa shape index (κ2) is 7.62. The minimum atomic E-state index is -0.340. The van der Waals surface area contributed by atoms with Crippen molar-refractivity contribution in [1.82, 2.24) is 14.9 Å². The molecule has 1 fully saturated rings. The predicted octanol–water partition coefficient (Wildman–Crippen LogP) is 3.24. The topological polar surface area (TPSA) is 71.7 Å². The van der Waals surface area contributed by atoms with Gasteiger partial charge in [0.2, 0.25) is 0 Å². The summed E-state index contributed by atoms with van der Waals surface area (Å²) in [7, 11) is 0. The van der Waals surface area contributed by atoms with E-state index in [0.29, 0.717) is 37.5 Å². The van der Waals surface area contributed by atoms with Gasteiger partial charge in [0, 0.05) is 31.6 Å². The van der Waals surface area contributed by atoms with Gasteiger partial charge in [0.25, 0.3) is 5.91 Å². The van der Waals surface area contributed by atoms with Gasteiger partial charge >= 0.3 is 0 Å². The van der Waals surface area contributed by atoms with Crippen molar-refractivity contribution in [3.63, 3.8) is 0 Å². The predicted molar refractivity (Wildman–Crippen MR) is 110 cm³/mol. The molecule has 1 amide bonds. The largest absolute Gasteiger partial charge is 0.484 e. The Labute approximate surface area is 171 Å². The fourth-order valence-corrected chi connectivity index (χ4v) is 3.67. The average Bonchev–Trinajstić information content (AvgIpc) is 3.17. The molecule has 4 aromatic rings. The van der Waals surface area contributed by atoms with Crippen LogP contribution < -0.4 is 9.64 Å². The summed E-state index contributed by atoms with van der Waals surface area (Å²) in [6, 6.07) is 13.4. The molecule has 2 aromatic carbocycles. The van der Waals surface area contributed by atoms with Crippen LogP contribution in [0.15, 0.2) is 59.3 Å². The highest BCUT2D eigenvalue weighted by atomic mass is 19.1. The number of piperazine rings is 1. The van der Waals surface area contributed by atoms with E-state index in [1.54, 1.807) is 11.2 Å². The van der Waals surface area contributed by atoms with Gasteiger partial charge in [0.15, 0.2) is 18.0 Å². The van der Waals surface area contributed by atoms with E-state index in [0.717, 1.165) is 22.3 Å². The number of carbonyl (C=O) groups excluding carboxylic acids is 1. The first-order valence-corrected chi connectivity index (χ1v) is 9.72. The smallest absolute Gasteiger partial charge is 0.260 e. The average molecular weight is 406 g/mol. The number of furan rings is 1. The second-order valence-electron chi connectivity index (χ2n) is 7.08. The number of hydrogen-bond acceptors (Lipinski definition) is 6. The van der Waals surface area contributed by atoms with E-state index in [4.69, 9.17) is 9.15 Å². The van der Waals surface area contributed by atoms with Crippen molar-refractivity contribution >= 4 is 33.8 Å². The molecular weight excluding hydrogens is 387 g/mol. The van der Waals surface area contributed by atoms with Crippen LogP contribution in [-0.2, 0) is 4.79 Å². The van der Waals surface area contributed by atoms with Gasteiger partial charge in [-0.2, -0.15) is 0 Å². The van der Waals surface area contributed by atoms with Crippen molar-refractivity contribution in [2.75, 3.05) is 37.7 Å². The number of benzene rings is 2. The van der Waals surface area contributed by atoms with E-state index >= 15 is 0 Å². The van der Waals surface area contributed by atoms with E-state index in [1.807, 2.05) is 24.3 Å². The summed E-state index contributed by atoms with van der Waals surface area (Å²) < 4.78 is 24.4. The molecule has 0 spiro atoms. The van der Waals surface area contributed by atoms with E-state index in [9.17, 15) is 9.18 Å². The summed E-state index contributed by atoms with van der Waals surface area (Å²) in [5.74, 6) is 0.770. The number of nitrogens with zero attached hydrogens (tertiary/aromatic N) is 4. The monoisotopic (exact) mass is 406 g/mol. The lowest BCUT2D eigenvalue weighted by Gasteiger charge is -2.35. The van der Waals surface area contributed by atoms with E-state index in [1.165, 1.54) is 24.3 Å². The summed E-state index contributed by atoms with van der Waals surface area (Å²) in [5.41, 5.74) is 2.24. The van der Waals surface area contributed by atoms with Crippen LogP contribution in [0.1, 0.15) is 0 Å². The number of para-hydroxylation sites is 1. The molecular formula is C22H19FN4O3. The van der Waals surface area contributed by atoms with Gasteiger partial charge in [-0.1, -0.05) is 12.1 Å². The standard InChI is InChI=1S/C22H19FN4O3/c23-15-5-7-16(8-6-15)29-13-19(28)26-9-11-27(12-10-26)22-21-20(24-14-25-22)17-3-1-2-4-18(17)30-21/h1-8,14H,9-13H2. The highest BCUT2D eigenvalue weighted by molar-refractivity contribution is 6.05. The molecule has 0 atom stereocenters. The Morgan fingerprint density at radius 2 is 1.80 bits per heavy atom. The van der Waals surface area contributed by atoms with Crippen LogP contribution in [0.3, 0.4) is 0 Å². The van der Waals surface area contributed by atoms with Gasteiger partial charge < -0.3 is 19.0 Å². The van der Waals surface area contributed by atoms with Crippen molar-refractivity contribution in [3.8, 4) is 5.75 Å². The van der Waals surface area contributed by atoms with Crippen LogP contribution in [0.4, 0.5) is 10.2 Å². The normalized spacial score (nSPS) is 14.4. The quantitative estimate of drug-likeness (QED) is 0.518. The van der Waals surface area contributed by atoms with Crippen LogP contribution in [0.2, 0.25) is 0 Å². The molecule has 0 N–H and O–H groups in total. The molecule has 8 heteroatoms. The summed E-state index contributed by atoms with van der Waals surface area (Å²) in [4.78, 5) is 25.2. The van der Waals surface area contributed by atoms with Crippen LogP contribution in [0, 0.1) is 5.82 Å². The highest BCUT2D eigenvalue weighted by Crippen LogP contribution is 2.32. The number of rotatable bonds is 4. The SMILES string of the molecule is O=C(COc1ccc(F)cc1)N1CCN(c2ncnc3c2oc2ccccc23)CC1. The van der Waals surface area contributed by atoms with Crippen molar-refractivity contribution in [2.45, 2.75) is 0 Å². The molecule has 7 nitrogen and oxygen atoms in total. The molecule has 1 aliphatic rings. The molecule has 0 bridgehead atoms. The van der Waals surface area contributed by atoms with Crippen molar-refractivity contribution in [2.24, 2.45) is 0 Å². The first kappa shape index (κ1) is 18.4. The maximum atomic E-state index is 13.0. The van der Waals surface area contributed by atoms with Gasteiger partial charge in [0.1, 0.15) is 29.0 Å². The van der Waals surface area contributed by atoms with E-state index in [-0.39, 0.29) is 18.3 Å². The summed E-state index contributed by atoms with van der Waals surface area (Å²) >= 11 is 0. The molecule has 30 heavy (non-hydrogen) atoms. The highest BCUT2D eigenvalue weighted by Gasteiger charge is 2.25. The van der Waals surface area contributed by atoms with Crippen molar-refractivity contribution < 1.29 is 18.3 Å². The zero-order chi connectivity index (χ0) is 20.5. The lowest BCUT2D eigenvalue weighted by atomic mass is 10.2. The number of halogens is 1. The lowest BCUT2D eigenvalue weighted by molar-refractivity contribution is -0.133. The molecule has 0 radical (unpaired) electrons. The second-order valence-corrected chi connectivity index (χ2v) is 7.08. The fourth-order valence-electron chi connectivity index (χ4n) is 3.67. The van der Waals surface area contributed by atoms with Crippen LogP contribution in [-0.4, -0.2) is 53.6 Å². The summed E-state index contributed by atoms with van der Waals surface area (Å²) in [5, 5.41) is 0.961. The molecule has 3 heterocycles. The molecule has 0 unspecified atom stereocenters. The molecule has 2 aromatic heterocycles. The number of carbonyl (C=O) groups is 1. The number of anilines is 1. The zero-order valence-corrected chi connectivity index (χ0v) is 16.1. The van der Waals surface area contributed by atoms with Gasteiger partial charge in [-0.3, -0.25) is 4.79 Å². The zero-order valence-electron chi connectivity index (χ0n) is 16.1. The first-order valence-electron chi connectivity index (χ1n) is 9.72. The van der Waals surface area contributed by atoms with Gasteiger partial charge in [-0.15, -0.1) is 0 Å². The third kappa shape index (κ3) is 3.41. The Morgan fingerprint density at radius 3 is 2.60 bits per heavy atom. The molecule has 0 saturated carbocycles. The molecule has 1 saturated heterocycles. The van der Waals surface area contributed by atoms with E-state index in [2.05, 4.69) is 14.9 Å². The molecule has 5 rings (SSSR count). The summed E-state index contributed by atoms with van der Waals surface area (Å²) in [6.07, 6.45) is 1.55. The Bertz CT molecular complexity index is 1200. The van der Waals surface area contributed by atoms with Gasteiger partial charge in [0.05, 0.1) is 0 Å². The Hall–Kier alpha value is -3.68. The van der Waals surface area contributed by atoms with Crippen LogP contribution >= 0.6 is 0 Å². The molecule has 0 aliphatic carbocycles. The number of ether oxygens (including phenoxy) is 1. The Balaban J connectivity index is 1.26. The van der Waals surface area contributed by atoms with Gasteiger partial charge in [-0.05, 0) is 36.4 Å². The number of hydrogen-bond donors (Lipinski definition) is 0. The number of fused-ring (bicyclic) bond motifs is 3. The third-order valence-electron chi connectivity index (χ3n) is 5.25. The van der Waals surface area contributed by atoms with Crippen molar-refractivity contribution in [1.29, 1.82) is 0 Å². The number of amides is 1. The molecule has 152 valence electrons. The maximum absolute atomic E-state index is 13.0. The van der Waals surface area contributed by atoms with Crippen LogP contribution in [0.25, 0.3) is 22.1 Å². The van der Waals surface area contributed by atoms with Gasteiger partial charge in [-0.25, -0.2) is 14.4 Å². The fraction of sp³-hybridized carbons (Fsp3) is 0.227. The Morgan fingerprint density at radius 1 is 1.03 bits per heavy atom. The number of aromatic nitrogens is 2. The molecule has 1 aliphatic heterocycles. The van der Waals surface area contributed by atoms with Crippen molar-refractivity contribution in [3.05, 3.63) is 60.7 Å². The minimum Gasteiger partial charge on any atom is -0.484 e.